The van der Waals surface area contributed by atoms with E-state index in [1.165, 1.54) is 42.6 Å². The molecule has 4 aromatic carbocycles. The Morgan fingerprint density at radius 2 is 0.798 bits per heavy atom. The molecule has 0 bridgehead atoms. The summed E-state index contributed by atoms with van der Waals surface area (Å²) in [4.78, 5) is 80.5. The first-order chi connectivity index (χ1) is 56.6. The Hall–Kier alpha value is -13.6. The summed E-state index contributed by atoms with van der Waals surface area (Å²) >= 11 is 0. The molecule has 0 aliphatic rings. The molecule has 0 spiro atoms. The first-order valence-electron chi connectivity index (χ1n) is 37.9. The number of rotatable bonds is 24. The van der Waals surface area contributed by atoms with Crippen LogP contribution in [0.1, 0.15) is 101 Å². The maximum Gasteiger partial charge on any atom is 0.446 e. The maximum absolute atomic E-state index is 12.9. The van der Waals surface area contributed by atoms with Crippen LogP contribution in [0.3, 0.4) is 0 Å². The average molecular weight is 1630 g/mol. The summed E-state index contributed by atoms with van der Waals surface area (Å²) in [6.07, 6.45) is 6.11. The van der Waals surface area contributed by atoms with Gasteiger partial charge in [0.15, 0.2) is 22.6 Å². The molecule has 10 aromatic heterocycles. The molecule has 622 valence electrons. The second-order valence-corrected chi connectivity index (χ2v) is 30.4. The number of pyridine rings is 1. The quantitative estimate of drug-likeness (QED) is 0.0200. The van der Waals surface area contributed by atoms with Gasteiger partial charge in [0.2, 0.25) is 18.1 Å². The van der Waals surface area contributed by atoms with Crippen LogP contribution in [-0.4, -0.2) is 171 Å². The number of benzene rings is 4. The van der Waals surface area contributed by atoms with Crippen molar-refractivity contribution in [3.8, 4) is 50.8 Å². The number of nitrogens with one attached hydrogen (secondary N) is 3. The molecule has 0 saturated carbocycles. The standard InChI is InChI=1S/C25H29N7O3.C20H22N8.C20H27N7O.C16H20N6.C2HF3O/c1-16-5-7-17(8-6-16)21-20-22(26)29-15-30-23(20)32(31-21)25(2,3)14-28-24(33)19-13-18(9-10-27-19)35-12-11-34-4;1-13-5-7-14(8-6-13)16-15-17(21)25-12-26-18(15)28(27-16)20(2,3)11-24-19-22-9-4-10-23-19;1-13-6-8-14(9-7-13)17-16-18(22)24-12-25-19(16)27(26-17)20(2,3)11-23-15(28)5-4-10-21;1-10-4-6-11(7-5-10)13-12-14(18)19-9-20-15(12)22(21-13)16(2,3)8-17;3-2(4,5)1-6/h5-10,13,15H,11-12,14H2,1-4H3,(H,28,33)(H2,26,29,30);4-10,12H,11H2,1-3H3,(H2,21,25,26)(H,22,23,24);6-9,12H,4-5,10-11,21H2,1-3H3,(H,23,28)(H2,22,24,25);4-7,9H,8,17H2,1-3H3,(H2,18,19,20);1H. The van der Waals surface area contributed by atoms with E-state index in [0.717, 1.165) is 61.2 Å². The van der Waals surface area contributed by atoms with E-state index in [0.29, 0.717) is 126 Å². The van der Waals surface area contributed by atoms with Crippen molar-refractivity contribution in [3.63, 3.8) is 0 Å². The predicted octanol–water partition coefficient (Wildman–Crippen LogP) is 10.8. The highest BCUT2D eigenvalue weighted by Gasteiger charge is 2.33. The Morgan fingerprint density at radius 1 is 0.454 bits per heavy atom. The topological polar surface area (TPSA) is 475 Å². The monoisotopic (exact) mass is 1620 g/mol. The Balaban J connectivity index is 0.000000165. The molecule has 14 aromatic rings. The SMILES string of the molecule is COCCOc1ccnc(C(=O)NCC(C)(C)n2nc(-c3ccc(C)cc3)c3c(N)ncnc32)c1.Cc1ccc(-c2nn(C(C)(C)CN)c3ncnc(N)c23)cc1.Cc1ccc(-c2nn(C(C)(C)CNC(=O)CCCN)c3ncnc(N)c23)cc1.Cc1ccc(-c2nn(C(C)(C)CNc3ncccn3)c3ncnc(N)c23)cc1.O=CC(F)(F)F. The van der Waals surface area contributed by atoms with Gasteiger partial charge in [-0.15, -0.1) is 0 Å². The Kier molecular flexibility index (Phi) is 28.0. The van der Waals surface area contributed by atoms with Crippen LogP contribution >= 0.6 is 0 Å². The van der Waals surface area contributed by atoms with E-state index in [4.69, 9.17) is 69.1 Å². The van der Waals surface area contributed by atoms with E-state index in [1.54, 1.807) is 42.4 Å². The van der Waals surface area contributed by atoms with Gasteiger partial charge in [0.1, 0.15) is 89.4 Å². The minimum Gasteiger partial charge on any atom is -0.491 e. The number of hydrogen-bond acceptors (Lipinski definition) is 27. The average Bonchev–Trinajstić information content (AvgIpc) is 1.63. The third-order valence-corrected chi connectivity index (χ3v) is 19.0. The van der Waals surface area contributed by atoms with Crippen LogP contribution in [0.4, 0.5) is 42.4 Å². The number of nitrogens with zero attached hydrogens (tertiary/aromatic N) is 19. The van der Waals surface area contributed by atoms with Crippen LogP contribution in [0.5, 0.6) is 5.75 Å². The number of methoxy groups -OCH3 is 1. The van der Waals surface area contributed by atoms with Crippen LogP contribution in [0.2, 0.25) is 0 Å². The molecule has 0 fully saturated rings. The molecular weight excluding hydrogens is 1530 g/mol. The van der Waals surface area contributed by atoms with Gasteiger partial charge in [0.25, 0.3) is 5.91 Å². The molecular formula is C83H99F3N28O5. The lowest BCUT2D eigenvalue weighted by molar-refractivity contribution is -0.156. The molecule has 0 saturated heterocycles. The number of fused-ring (bicyclic) bond motifs is 4. The summed E-state index contributed by atoms with van der Waals surface area (Å²) in [7, 11) is 1.60. The Bertz CT molecular complexity index is 5790. The summed E-state index contributed by atoms with van der Waals surface area (Å²) in [5, 5.41) is 31.4. The Morgan fingerprint density at radius 3 is 1.13 bits per heavy atom. The largest absolute Gasteiger partial charge is 0.491 e. The molecule has 14 rings (SSSR count). The summed E-state index contributed by atoms with van der Waals surface area (Å²) in [5.41, 5.74) is 48.5. The zero-order valence-electron chi connectivity index (χ0n) is 68.6. The molecule has 2 amide bonds. The summed E-state index contributed by atoms with van der Waals surface area (Å²) < 4.78 is 49.2. The van der Waals surface area contributed by atoms with Crippen molar-refractivity contribution in [1.29, 1.82) is 0 Å². The van der Waals surface area contributed by atoms with Gasteiger partial charge in [-0.25, -0.2) is 68.6 Å². The number of hydrogen-bond donors (Lipinski definition) is 9. The van der Waals surface area contributed by atoms with Crippen molar-refractivity contribution in [2.24, 2.45) is 11.5 Å². The summed E-state index contributed by atoms with van der Waals surface area (Å²) in [6, 6.07) is 37.5. The second-order valence-electron chi connectivity index (χ2n) is 30.4. The fourth-order valence-electron chi connectivity index (χ4n) is 12.2. The van der Waals surface area contributed by atoms with Gasteiger partial charge in [-0.1, -0.05) is 119 Å². The zero-order valence-corrected chi connectivity index (χ0v) is 68.6. The first kappa shape index (κ1) is 87.8. The highest BCUT2D eigenvalue weighted by Crippen LogP contribution is 2.38. The second kappa shape index (κ2) is 38.0. The van der Waals surface area contributed by atoms with Crippen molar-refractivity contribution in [1.82, 2.24) is 105 Å². The number of halogens is 3. The molecule has 0 unspecified atom stereocenters. The number of anilines is 5. The van der Waals surface area contributed by atoms with Crippen LogP contribution in [0.15, 0.2) is 159 Å². The van der Waals surface area contributed by atoms with Gasteiger partial charge in [0, 0.05) is 86.6 Å². The van der Waals surface area contributed by atoms with Crippen LogP contribution in [0.25, 0.3) is 89.2 Å². The van der Waals surface area contributed by atoms with Crippen molar-refractivity contribution < 1.29 is 37.0 Å². The highest BCUT2D eigenvalue weighted by molar-refractivity contribution is 6.01. The minimum atomic E-state index is -4.64. The fraction of sp³-hybridized carbons (Fsp3) is 0.325. The van der Waals surface area contributed by atoms with E-state index >= 15 is 0 Å². The van der Waals surface area contributed by atoms with Crippen LogP contribution < -0.4 is 55.1 Å². The lowest BCUT2D eigenvalue weighted by Gasteiger charge is -2.26. The molecule has 0 aliphatic carbocycles. The normalized spacial score (nSPS) is 11.7. The van der Waals surface area contributed by atoms with Gasteiger partial charge in [0.05, 0.1) is 50.3 Å². The predicted molar refractivity (Wildman–Crippen MR) is 454 cm³/mol. The van der Waals surface area contributed by atoms with E-state index in [9.17, 15) is 22.8 Å². The number of carbonyl (C=O) groups is 3. The number of ether oxygens (including phenoxy) is 2. The molecule has 15 N–H and O–H groups in total. The number of nitrogens with two attached hydrogens (primary N) is 6. The molecule has 36 heteroatoms. The van der Waals surface area contributed by atoms with E-state index in [-0.39, 0.29) is 29.6 Å². The zero-order chi connectivity index (χ0) is 86.2. The van der Waals surface area contributed by atoms with Crippen molar-refractivity contribution >= 4 is 91.5 Å². The number of aryl methyl sites for hydroxylation is 4. The summed E-state index contributed by atoms with van der Waals surface area (Å²) in [6.45, 7) is 27.3. The molecule has 0 radical (unpaired) electrons. The number of carbonyl (C=O) groups excluding carboxylic acids is 3. The number of amides is 2. The minimum absolute atomic E-state index is 0.0251. The van der Waals surface area contributed by atoms with Crippen LogP contribution in [0, 0.1) is 27.7 Å². The van der Waals surface area contributed by atoms with Crippen molar-refractivity contribution in [3.05, 3.63) is 187 Å². The lowest BCUT2D eigenvalue weighted by Crippen LogP contribution is -2.41. The fourth-order valence-corrected chi connectivity index (χ4v) is 12.2. The number of nitrogen functional groups attached to an aromatic ring is 4. The highest BCUT2D eigenvalue weighted by atomic mass is 19.4. The first-order valence-corrected chi connectivity index (χ1v) is 37.9. The molecule has 10 heterocycles. The maximum atomic E-state index is 12.9. The third-order valence-electron chi connectivity index (χ3n) is 19.0. The Labute approximate surface area is 684 Å². The van der Waals surface area contributed by atoms with Gasteiger partial charge in [-0.2, -0.15) is 33.6 Å². The van der Waals surface area contributed by atoms with E-state index in [1.807, 2.05) is 154 Å². The molecule has 33 nitrogen and oxygen atoms in total. The van der Waals surface area contributed by atoms with E-state index < -0.39 is 29.1 Å². The van der Waals surface area contributed by atoms with Gasteiger partial charge >= 0.3 is 6.18 Å². The van der Waals surface area contributed by atoms with Crippen molar-refractivity contribution in [2.45, 2.75) is 124 Å². The van der Waals surface area contributed by atoms with Gasteiger partial charge in [-0.05, 0) is 108 Å². The third kappa shape index (κ3) is 21.5. The smallest absolute Gasteiger partial charge is 0.446 e. The van der Waals surface area contributed by atoms with Crippen LogP contribution in [-0.2, 0) is 36.5 Å². The van der Waals surface area contributed by atoms with E-state index in [2.05, 4.69) is 111 Å². The molecule has 0 aliphatic heterocycles. The van der Waals surface area contributed by atoms with Gasteiger partial charge < -0.3 is 59.8 Å². The number of aromatic nitrogens is 19. The lowest BCUT2D eigenvalue weighted by atomic mass is 10.1. The van der Waals surface area contributed by atoms with Crippen molar-refractivity contribution in [2.75, 3.05) is 81.3 Å². The van der Waals surface area contributed by atoms with Gasteiger partial charge in [-0.3, -0.25) is 19.4 Å². The molecule has 0 atom stereocenters. The molecule has 119 heavy (non-hydrogen) atoms. The number of alkyl halides is 3. The number of aldehydes is 1. The summed E-state index contributed by atoms with van der Waals surface area (Å²) in [5.74, 6) is 2.36.